The lowest BCUT2D eigenvalue weighted by molar-refractivity contribution is 0.413. The molecule has 90 valence electrons. The predicted molar refractivity (Wildman–Crippen MR) is 72.2 cm³/mol. The van der Waals surface area contributed by atoms with Crippen LogP contribution >= 0.6 is 0 Å². The lowest BCUT2D eigenvalue weighted by atomic mass is 9.83. The zero-order chi connectivity index (χ0) is 11.8. The van der Waals surface area contributed by atoms with E-state index in [2.05, 4.69) is 36.2 Å². The van der Waals surface area contributed by atoms with Crippen molar-refractivity contribution in [2.45, 2.75) is 44.6 Å². The first kappa shape index (κ1) is 10.8. The number of nitrogens with one attached hydrogen (secondary N) is 1. The van der Waals surface area contributed by atoms with Crippen molar-refractivity contribution in [1.82, 2.24) is 4.98 Å². The molecule has 1 heterocycles. The minimum atomic E-state index is 0.234. The third-order valence-electron chi connectivity index (χ3n) is 3.81. The highest BCUT2D eigenvalue weighted by Gasteiger charge is 2.21. The molecule has 3 N–H and O–H groups in total. The van der Waals surface area contributed by atoms with Crippen LogP contribution in [-0.2, 0) is 6.42 Å². The van der Waals surface area contributed by atoms with Crippen molar-refractivity contribution in [3.8, 4) is 0 Å². The van der Waals surface area contributed by atoms with Gasteiger partial charge in [-0.05, 0) is 61.3 Å². The van der Waals surface area contributed by atoms with Gasteiger partial charge in [-0.2, -0.15) is 0 Å². The standard InChI is InChI=1S/C15H20N2/c1-10(16)7-11-5-6-14-13(8-11)9-15(17-14)12-3-2-4-12/h5-6,8-10,12,17H,2-4,7,16H2,1H3. The lowest BCUT2D eigenvalue weighted by Crippen LogP contribution is -2.17. The van der Waals surface area contributed by atoms with E-state index < -0.39 is 0 Å². The summed E-state index contributed by atoms with van der Waals surface area (Å²) in [7, 11) is 0. The van der Waals surface area contributed by atoms with E-state index in [9.17, 15) is 0 Å². The summed E-state index contributed by atoms with van der Waals surface area (Å²) in [6.45, 7) is 2.06. The number of hydrogen-bond donors (Lipinski definition) is 2. The van der Waals surface area contributed by atoms with Crippen LogP contribution in [0.5, 0.6) is 0 Å². The highest BCUT2D eigenvalue weighted by Crippen LogP contribution is 2.37. The third-order valence-corrected chi connectivity index (χ3v) is 3.81. The highest BCUT2D eigenvalue weighted by atomic mass is 14.7. The normalized spacial score (nSPS) is 18.2. The molecule has 3 rings (SSSR count). The fourth-order valence-corrected chi connectivity index (χ4v) is 2.64. The zero-order valence-corrected chi connectivity index (χ0v) is 10.4. The van der Waals surface area contributed by atoms with Gasteiger partial charge in [-0.15, -0.1) is 0 Å². The van der Waals surface area contributed by atoms with Gasteiger partial charge in [0, 0.05) is 17.3 Å². The van der Waals surface area contributed by atoms with E-state index in [1.165, 1.54) is 41.4 Å². The molecular formula is C15H20N2. The van der Waals surface area contributed by atoms with Crippen molar-refractivity contribution >= 4 is 10.9 Å². The Labute approximate surface area is 102 Å². The SMILES string of the molecule is CC(N)Cc1ccc2[nH]c(C3CCC3)cc2c1. The van der Waals surface area contributed by atoms with Crippen LogP contribution in [0.1, 0.15) is 43.4 Å². The van der Waals surface area contributed by atoms with E-state index in [1.54, 1.807) is 0 Å². The average Bonchev–Trinajstić information content (AvgIpc) is 2.56. The molecule has 0 bridgehead atoms. The molecule has 1 aliphatic rings. The molecule has 0 aliphatic heterocycles. The van der Waals surface area contributed by atoms with Crippen LogP contribution in [0.15, 0.2) is 24.3 Å². The van der Waals surface area contributed by atoms with Gasteiger partial charge >= 0.3 is 0 Å². The topological polar surface area (TPSA) is 41.8 Å². The molecule has 0 spiro atoms. The maximum atomic E-state index is 5.84. The number of aromatic amines is 1. The van der Waals surface area contributed by atoms with Gasteiger partial charge in [-0.3, -0.25) is 0 Å². The van der Waals surface area contributed by atoms with Gasteiger partial charge in [-0.1, -0.05) is 12.5 Å². The molecule has 1 fully saturated rings. The molecule has 0 radical (unpaired) electrons. The molecule has 1 aromatic heterocycles. The molecule has 2 aromatic rings. The van der Waals surface area contributed by atoms with E-state index >= 15 is 0 Å². The monoisotopic (exact) mass is 228 g/mol. The summed E-state index contributed by atoms with van der Waals surface area (Å²) in [6.07, 6.45) is 5.04. The van der Waals surface area contributed by atoms with E-state index in [0.29, 0.717) is 0 Å². The van der Waals surface area contributed by atoms with Gasteiger partial charge in [-0.25, -0.2) is 0 Å². The predicted octanol–water partition coefficient (Wildman–Crippen LogP) is 3.33. The molecule has 1 aliphatic carbocycles. The number of fused-ring (bicyclic) bond motifs is 1. The smallest absolute Gasteiger partial charge is 0.0456 e. The fourth-order valence-electron chi connectivity index (χ4n) is 2.64. The molecule has 2 heteroatoms. The molecule has 2 nitrogen and oxygen atoms in total. The first-order valence-corrected chi connectivity index (χ1v) is 6.59. The highest BCUT2D eigenvalue weighted by molar-refractivity contribution is 5.81. The summed E-state index contributed by atoms with van der Waals surface area (Å²) >= 11 is 0. The molecule has 1 aromatic carbocycles. The van der Waals surface area contributed by atoms with Crippen molar-refractivity contribution < 1.29 is 0 Å². The van der Waals surface area contributed by atoms with Crippen LogP contribution in [0.3, 0.4) is 0 Å². The van der Waals surface area contributed by atoms with Crippen LogP contribution in [0.25, 0.3) is 10.9 Å². The number of H-pyrrole nitrogens is 1. The Kier molecular flexibility index (Phi) is 2.67. The van der Waals surface area contributed by atoms with Gasteiger partial charge in [0.05, 0.1) is 0 Å². The maximum Gasteiger partial charge on any atom is 0.0456 e. The van der Waals surface area contributed by atoms with Crippen LogP contribution < -0.4 is 5.73 Å². The van der Waals surface area contributed by atoms with Crippen LogP contribution in [0.4, 0.5) is 0 Å². The van der Waals surface area contributed by atoms with Crippen molar-refractivity contribution in [3.05, 3.63) is 35.5 Å². The molecule has 17 heavy (non-hydrogen) atoms. The average molecular weight is 228 g/mol. The number of rotatable bonds is 3. The summed E-state index contributed by atoms with van der Waals surface area (Å²) < 4.78 is 0. The van der Waals surface area contributed by atoms with E-state index in [1.807, 2.05) is 0 Å². The molecule has 1 atom stereocenters. The maximum absolute atomic E-state index is 5.84. The Morgan fingerprint density at radius 3 is 2.82 bits per heavy atom. The van der Waals surface area contributed by atoms with E-state index in [0.717, 1.165) is 12.3 Å². The first-order chi connectivity index (χ1) is 8.22. The third kappa shape index (κ3) is 2.09. The Hall–Kier alpha value is -1.28. The number of benzene rings is 1. The van der Waals surface area contributed by atoms with Gasteiger partial charge in [0.25, 0.3) is 0 Å². The number of hydrogen-bond acceptors (Lipinski definition) is 1. The van der Waals surface area contributed by atoms with Crippen LogP contribution in [0, 0.1) is 0 Å². The molecular weight excluding hydrogens is 208 g/mol. The zero-order valence-electron chi connectivity index (χ0n) is 10.4. The molecule has 1 saturated carbocycles. The van der Waals surface area contributed by atoms with Gasteiger partial charge in [0.15, 0.2) is 0 Å². The van der Waals surface area contributed by atoms with Crippen molar-refractivity contribution in [3.63, 3.8) is 0 Å². The van der Waals surface area contributed by atoms with E-state index in [4.69, 9.17) is 5.73 Å². The number of aromatic nitrogens is 1. The Morgan fingerprint density at radius 1 is 1.35 bits per heavy atom. The fraction of sp³-hybridized carbons (Fsp3) is 0.467. The van der Waals surface area contributed by atoms with E-state index in [-0.39, 0.29) is 6.04 Å². The van der Waals surface area contributed by atoms with Crippen molar-refractivity contribution in [2.75, 3.05) is 0 Å². The summed E-state index contributed by atoms with van der Waals surface area (Å²) in [5.74, 6) is 0.777. The second kappa shape index (κ2) is 4.19. The summed E-state index contributed by atoms with van der Waals surface area (Å²) in [4.78, 5) is 3.55. The molecule has 0 saturated heterocycles. The van der Waals surface area contributed by atoms with Crippen molar-refractivity contribution in [2.24, 2.45) is 5.73 Å². The Balaban J connectivity index is 1.92. The summed E-state index contributed by atoms with van der Waals surface area (Å²) in [6, 6.07) is 9.21. The van der Waals surface area contributed by atoms with Gasteiger partial charge in [0.2, 0.25) is 0 Å². The van der Waals surface area contributed by atoms with Gasteiger partial charge < -0.3 is 10.7 Å². The van der Waals surface area contributed by atoms with Crippen molar-refractivity contribution in [1.29, 1.82) is 0 Å². The quantitative estimate of drug-likeness (QED) is 0.831. The molecule has 0 amide bonds. The first-order valence-electron chi connectivity index (χ1n) is 6.59. The summed E-state index contributed by atoms with van der Waals surface area (Å²) in [5, 5.41) is 1.34. The largest absolute Gasteiger partial charge is 0.358 e. The summed E-state index contributed by atoms with van der Waals surface area (Å²) in [5.41, 5.74) is 9.87. The molecule has 1 unspecified atom stereocenters. The lowest BCUT2D eigenvalue weighted by Gasteiger charge is -2.23. The number of nitrogens with two attached hydrogens (primary N) is 1. The minimum Gasteiger partial charge on any atom is -0.358 e. The second-order valence-corrected chi connectivity index (χ2v) is 5.46. The Morgan fingerprint density at radius 2 is 2.18 bits per heavy atom. The van der Waals surface area contributed by atoms with Crippen LogP contribution in [0.2, 0.25) is 0 Å². The Bertz CT molecular complexity index is 521. The van der Waals surface area contributed by atoms with Gasteiger partial charge in [0.1, 0.15) is 0 Å². The van der Waals surface area contributed by atoms with Crippen LogP contribution in [-0.4, -0.2) is 11.0 Å². The second-order valence-electron chi connectivity index (χ2n) is 5.46. The minimum absolute atomic E-state index is 0.234.